The molecule has 2 saturated heterocycles. The number of hydrogen-bond acceptors (Lipinski definition) is 3. The summed E-state index contributed by atoms with van der Waals surface area (Å²) in [7, 11) is 0. The van der Waals surface area contributed by atoms with E-state index in [9.17, 15) is 9.59 Å². The molecular formula is C35H45NO3. The molecule has 1 aliphatic carbocycles. The lowest BCUT2D eigenvalue weighted by Crippen LogP contribution is -2.55. The molecule has 0 saturated carbocycles. The molecule has 0 radical (unpaired) electrons. The monoisotopic (exact) mass is 527 g/mol. The molecule has 1 amide bonds. The van der Waals surface area contributed by atoms with Gasteiger partial charge in [-0.1, -0.05) is 86.7 Å². The van der Waals surface area contributed by atoms with Gasteiger partial charge in [-0.3, -0.25) is 4.79 Å². The summed E-state index contributed by atoms with van der Waals surface area (Å²) in [6, 6.07) is 17.2. The fourth-order valence-corrected chi connectivity index (χ4v) is 7.29. The minimum atomic E-state index is -0.189. The number of ether oxygens (including phenoxy) is 1. The third-order valence-electron chi connectivity index (χ3n) is 9.31. The molecule has 5 rings (SSSR count). The number of fused-ring (bicyclic) bond motifs is 5. The summed E-state index contributed by atoms with van der Waals surface area (Å²) in [5, 5.41) is 0. The Labute approximate surface area is 234 Å². The standard InChI is InChI=1S/C35H45NO3/c1-2-3-4-5-6-7-8-9-10-22-34(37)26-23-27-16-15-17-28(24-26)36(27)35(38)39-25-33-31-20-13-11-18-29(31)30-19-12-14-21-32(30)33/h2,11-14,18-21,26-28,33H,1,3-10,15-17,22-25H2. The van der Waals surface area contributed by atoms with Crippen molar-refractivity contribution in [2.45, 2.75) is 108 Å². The highest BCUT2D eigenvalue weighted by Crippen LogP contribution is 2.45. The van der Waals surface area contributed by atoms with Crippen molar-refractivity contribution in [3.05, 3.63) is 72.3 Å². The molecule has 4 heteroatoms. The van der Waals surface area contributed by atoms with E-state index in [2.05, 4.69) is 55.1 Å². The number of ketones is 1. The summed E-state index contributed by atoms with van der Waals surface area (Å²) in [5.74, 6) is 0.606. The number of unbranched alkanes of at least 4 members (excludes halogenated alkanes) is 7. The second kappa shape index (κ2) is 13.5. The smallest absolute Gasteiger partial charge is 0.410 e. The van der Waals surface area contributed by atoms with E-state index in [1.54, 1.807) is 0 Å². The van der Waals surface area contributed by atoms with Gasteiger partial charge in [-0.25, -0.2) is 4.79 Å². The molecule has 0 spiro atoms. The molecule has 2 aromatic carbocycles. The molecule has 0 N–H and O–H groups in total. The number of carbonyl (C=O) groups excluding carboxylic acids is 2. The number of benzene rings is 2. The first-order valence-electron chi connectivity index (χ1n) is 15.4. The summed E-state index contributed by atoms with van der Waals surface area (Å²) in [6.07, 6.45) is 16.8. The summed E-state index contributed by atoms with van der Waals surface area (Å²) in [4.78, 5) is 28.5. The van der Waals surface area contributed by atoms with Crippen LogP contribution in [0.3, 0.4) is 0 Å². The largest absolute Gasteiger partial charge is 0.448 e. The number of hydrogen-bond donors (Lipinski definition) is 0. The van der Waals surface area contributed by atoms with Crippen LogP contribution in [-0.2, 0) is 9.53 Å². The lowest BCUT2D eigenvalue weighted by atomic mass is 9.76. The highest BCUT2D eigenvalue weighted by atomic mass is 16.6. The molecule has 2 bridgehead atoms. The minimum Gasteiger partial charge on any atom is -0.448 e. The number of carbonyl (C=O) groups is 2. The Balaban J connectivity index is 1.10. The number of rotatable bonds is 13. The van der Waals surface area contributed by atoms with E-state index >= 15 is 0 Å². The van der Waals surface area contributed by atoms with Crippen LogP contribution in [0.5, 0.6) is 0 Å². The van der Waals surface area contributed by atoms with Gasteiger partial charge in [0.1, 0.15) is 12.4 Å². The van der Waals surface area contributed by atoms with Crippen LogP contribution in [0.1, 0.15) is 107 Å². The molecule has 2 fully saturated rings. The van der Waals surface area contributed by atoms with Gasteiger partial charge in [-0.2, -0.15) is 0 Å². The summed E-state index contributed by atoms with van der Waals surface area (Å²) >= 11 is 0. The first-order chi connectivity index (χ1) is 19.2. The average molecular weight is 528 g/mol. The third-order valence-corrected chi connectivity index (χ3v) is 9.31. The van der Waals surface area contributed by atoms with Crippen LogP contribution in [0, 0.1) is 5.92 Å². The molecule has 4 nitrogen and oxygen atoms in total. The number of Topliss-reactive ketones (excluding diaryl/α,β-unsaturated/α-hetero) is 1. The van der Waals surface area contributed by atoms with Crippen molar-refractivity contribution >= 4 is 11.9 Å². The van der Waals surface area contributed by atoms with Gasteiger partial charge in [0.2, 0.25) is 0 Å². The highest BCUT2D eigenvalue weighted by Gasteiger charge is 2.43. The Bertz CT molecular complexity index is 1080. The van der Waals surface area contributed by atoms with Crippen LogP contribution in [0.4, 0.5) is 4.79 Å². The summed E-state index contributed by atoms with van der Waals surface area (Å²) in [6.45, 7) is 4.14. The Morgan fingerprint density at radius 3 is 2.00 bits per heavy atom. The van der Waals surface area contributed by atoms with E-state index in [1.165, 1.54) is 54.4 Å². The van der Waals surface area contributed by atoms with Crippen molar-refractivity contribution < 1.29 is 14.3 Å². The molecule has 3 aliphatic rings. The van der Waals surface area contributed by atoms with Crippen LogP contribution in [0.25, 0.3) is 11.1 Å². The average Bonchev–Trinajstić information content (AvgIpc) is 3.28. The first-order valence-corrected chi connectivity index (χ1v) is 15.4. The number of piperidine rings is 2. The van der Waals surface area contributed by atoms with E-state index < -0.39 is 0 Å². The van der Waals surface area contributed by atoms with Crippen molar-refractivity contribution in [2.24, 2.45) is 5.92 Å². The summed E-state index contributed by atoms with van der Waals surface area (Å²) in [5.41, 5.74) is 4.97. The van der Waals surface area contributed by atoms with Gasteiger partial charge < -0.3 is 9.64 Å². The topological polar surface area (TPSA) is 46.6 Å². The maximum absolute atomic E-state index is 13.4. The van der Waals surface area contributed by atoms with E-state index in [-0.39, 0.29) is 30.0 Å². The Hall–Kier alpha value is -2.88. The second-order valence-corrected chi connectivity index (χ2v) is 11.9. The predicted molar refractivity (Wildman–Crippen MR) is 158 cm³/mol. The fourth-order valence-electron chi connectivity index (χ4n) is 7.29. The Morgan fingerprint density at radius 2 is 1.38 bits per heavy atom. The van der Waals surface area contributed by atoms with Crippen molar-refractivity contribution in [1.82, 2.24) is 4.90 Å². The normalized spacial score (nSPS) is 21.7. The number of allylic oxidation sites excluding steroid dienone is 1. The molecule has 2 aliphatic heterocycles. The zero-order valence-corrected chi connectivity index (χ0v) is 23.5. The van der Waals surface area contributed by atoms with Crippen LogP contribution >= 0.6 is 0 Å². The minimum absolute atomic E-state index is 0.0763. The quantitative estimate of drug-likeness (QED) is 0.193. The molecule has 2 atom stereocenters. The predicted octanol–water partition coefficient (Wildman–Crippen LogP) is 8.83. The van der Waals surface area contributed by atoms with Gasteiger partial charge in [0, 0.05) is 30.3 Å². The van der Waals surface area contributed by atoms with Gasteiger partial charge in [0.25, 0.3) is 0 Å². The van der Waals surface area contributed by atoms with E-state index in [0.29, 0.717) is 18.8 Å². The first kappa shape index (κ1) is 27.7. The zero-order valence-electron chi connectivity index (χ0n) is 23.5. The molecule has 39 heavy (non-hydrogen) atoms. The van der Waals surface area contributed by atoms with Gasteiger partial charge in [0.05, 0.1) is 0 Å². The lowest BCUT2D eigenvalue weighted by Gasteiger charge is -2.47. The van der Waals surface area contributed by atoms with Crippen molar-refractivity contribution in [2.75, 3.05) is 6.61 Å². The lowest BCUT2D eigenvalue weighted by molar-refractivity contribution is -0.126. The van der Waals surface area contributed by atoms with Gasteiger partial charge >= 0.3 is 6.09 Å². The molecule has 208 valence electrons. The third kappa shape index (κ3) is 6.48. The van der Waals surface area contributed by atoms with Gasteiger partial charge in [-0.05, 0) is 73.6 Å². The van der Waals surface area contributed by atoms with Crippen LogP contribution in [-0.4, -0.2) is 35.5 Å². The molecule has 2 heterocycles. The summed E-state index contributed by atoms with van der Waals surface area (Å²) < 4.78 is 6.04. The SMILES string of the molecule is C=CCCCCCCCCCC(=O)C1CC2CCCC(C1)N2C(=O)OCC1c2ccccc2-c2ccccc21. The van der Waals surface area contributed by atoms with E-state index in [0.717, 1.165) is 51.4 Å². The van der Waals surface area contributed by atoms with Crippen molar-refractivity contribution in [3.63, 3.8) is 0 Å². The molecule has 2 unspecified atom stereocenters. The number of nitrogens with zero attached hydrogens (tertiary/aromatic N) is 1. The van der Waals surface area contributed by atoms with Gasteiger partial charge in [0.15, 0.2) is 0 Å². The Kier molecular flexibility index (Phi) is 9.55. The van der Waals surface area contributed by atoms with Crippen molar-refractivity contribution in [1.29, 1.82) is 0 Å². The van der Waals surface area contributed by atoms with Crippen molar-refractivity contribution in [3.8, 4) is 11.1 Å². The maximum atomic E-state index is 13.4. The number of amides is 1. The molecular weight excluding hydrogens is 482 g/mol. The molecule has 2 aromatic rings. The van der Waals surface area contributed by atoms with Crippen LogP contribution in [0.15, 0.2) is 61.2 Å². The van der Waals surface area contributed by atoms with Crippen LogP contribution in [0.2, 0.25) is 0 Å². The highest BCUT2D eigenvalue weighted by molar-refractivity contribution is 5.82. The maximum Gasteiger partial charge on any atom is 0.410 e. The Morgan fingerprint density at radius 1 is 0.821 bits per heavy atom. The zero-order chi connectivity index (χ0) is 27.0. The van der Waals surface area contributed by atoms with Gasteiger partial charge in [-0.15, -0.1) is 6.58 Å². The van der Waals surface area contributed by atoms with E-state index in [1.807, 2.05) is 11.0 Å². The fraction of sp³-hybridized carbons (Fsp3) is 0.543. The molecule has 0 aromatic heterocycles. The van der Waals surface area contributed by atoms with Crippen LogP contribution < -0.4 is 0 Å². The second-order valence-electron chi connectivity index (χ2n) is 11.9. The van der Waals surface area contributed by atoms with E-state index in [4.69, 9.17) is 4.74 Å².